The number of hydrogen-bond acceptors (Lipinski definition) is 5. The van der Waals surface area contributed by atoms with E-state index in [1.54, 1.807) is 11.3 Å². The molecule has 1 aromatic carbocycles. The molecule has 2 heterocycles. The predicted molar refractivity (Wildman–Crippen MR) is 107 cm³/mol. The maximum absolute atomic E-state index is 12.2. The largest absolute Gasteiger partial charge is 0.349 e. The minimum Gasteiger partial charge on any atom is -0.349 e. The highest BCUT2D eigenvalue weighted by Gasteiger charge is 2.14. The molecule has 1 N–H and O–H groups in total. The minimum atomic E-state index is -0.101. The Bertz CT molecular complexity index is 879. The first-order chi connectivity index (χ1) is 12.5. The van der Waals surface area contributed by atoms with Gasteiger partial charge in [0.15, 0.2) is 5.16 Å². The van der Waals surface area contributed by atoms with Gasteiger partial charge >= 0.3 is 0 Å². The molecule has 0 aliphatic heterocycles. The number of benzene rings is 1. The fraction of sp³-hybridized carbons (Fsp3) is 0.278. The fourth-order valence-corrected chi connectivity index (χ4v) is 4.11. The van der Waals surface area contributed by atoms with Crippen LogP contribution in [0, 0.1) is 0 Å². The summed E-state index contributed by atoms with van der Waals surface area (Å²) in [5, 5.41) is 14.9. The Balaban J connectivity index is 1.54. The van der Waals surface area contributed by atoms with Gasteiger partial charge in [-0.05, 0) is 36.1 Å². The number of carbonyl (C=O) groups is 1. The first-order valence-corrected chi connectivity index (χ1v) is 10.4. The van der Waals surface area contributed by atoms with Gasteiger partial charge in [0.25, 0.3) is 0 Å². The van der Waals surface area contributed by atoms with Crippen LogP contribution in [0.25, 0.3) is 0 Å². The number of aromatic nitrogens is 3. The topological polar surface area (TPSA) is 59.8 Å². The second-order valence-corrected chi connectivity index (χ2v) is 8.26. The Morgan fingerprint density at radius 3 is 2.92 bits per heavy atom. The summed E-state index contributed by atoms with van der Waals surface area (Å²) in [4.78, 5) is 13.5. The highest BCUT2D eigenvalue weighted by molar-refractivity contribution is 7.99. The molecule has 0 saturated heterocycles. The summed E-state index contributed by atoms with van der Waals surface area (Å²) in [6.45, 7) is 1.94. The van der Waals surface area contributed by atoms with E-state index in [1.807, 2.05) is 54.3 Å². The van der Waals surface area contributed by atoms with Gasteiger partial charge in [-0.2, -0.15) is 0 Å². The Morgan fingerprint density at radius 1 is 1.35 bits per heavy atom. The number of amides is 1. The van der Waals surface area contributed by atoms with Gasteiger partial charge < -0.3 is 9.88 Å². The van der Waals surface area contributed by atoms with Crippen LogP contribution in [-0.2, 0) is 18.3 Å². The molecular weight excluding hydrogens is 388 g/mol. The lowest BCUT2D eigenvalue weighted by Gasteiger charge is -2.14. The third kappa shape index (κ3) is 4.87. The summed E-state index contributed by atoms with van der Waals surface area (Å²) >= 11 is 9.08. The molecule has 2 aromatic heterocycles. The summed E-state index contributed by atoms with van der Waals surface area (Å²) < 4.78 is 1.94. The van der Waals surface area contributed by atoms with Crippen molar-refractivity contribution in [1.29, 1.82) is 0 Å². The van der Waals surface area contributed by atoms with Gasteiger partial charge in [-0.25, -0.2) is 0 Å². The molecule has 0 bridgehead atoms. The maximum atomic E-state index is 12.2. The molecule has 8 heteroatoms. The highest BCUT2D eigenvalue weighted by atomic mass is 35.5. The number of halogens is 1. The van der Waals surface area contributed by atoms with Gasteiger partial charge in [-0.1, -0.05) is 41.6 Å². The lowest BCUT2D eigenvalue weighted by atomic mass is 10.1. The molecule has 1 amide bonds. The van der Waals surface area contributed by atoms with Crippen molar-refractivity contribution in [2.24, 2.45) is 7.05 Å². The van der Waals surface area contributed by atoms with E-state index in [-0.39, 0.29) is 17.7 Å². The number of thiophene rings is 1. The molecule has 3 aromatic rings. The van der Waals surface area contributed by atoms with Crippen molar-refractivity contribution in [2.45, 2.75) is 24.5 Å². The van der Waals surface area contributed by atoms with Gasteiger partial charge in [0.1, 0.15) is 5.82 Å². The van der Waals surface area contributed by atoms with Crippen molar-refractivity contribution in [1.82, 2.24) is 20.1 Å². The van der Waals surface area contributed by atoms with Crippen molar-refractivity contribution < 1.29 is 4.79 Å². The lowest BCUT2D eigenvalue weighted by Crippen LogP contribution is -2.28. The molecule has 26 heavy (non-hydrogen) atoms. The minimum absolute atomic E-state index is 0.0507. The van der Waals surface area contributed by atoms with E-state index >= 15 is 0 Å². The SMILES string of the molecule is CC(NC(=O)CSc1nnc(Cc2cccs2)n1C)c1cccc(Cl)c1. The van der Waals surface area contributed by atoms with Crippen LogP contribution in [0.2, 0.25) is 5.02 Å². The summed E-state index contributed by atoms with van der Waals surface area (Å²) in [6, 6.07) is 11.5. The molecule has 1 unspecified atom stereocenters. The molecule has 0 spiro atoms. The van der Waals surface area contributed by atoms with Gasteiger partial charge in [-0.3, -0.25) is 4.79 Å². The van der Waals surface area contributed by atoms with Crippen LogP contribution in [-0.4, -0.2) is 26.4 Å². The third-order valence-corrected chi connectivity index (χ3v) is 6.03. The highest BCUT2D eigenvalue weighted by Crippen LogP contribution is 2.20. The van der Waals surface area contributed by atoms with Gasteiger partial charge in [-0.15, -0.1) is 21.5 Å². The average molecular weight is 407 g/mol. The normalized spacial score (nSPS) is 12.1. The Labute approximate surface area is 165 Å². The van der Waals surface area contributed by atoms with Crippen LogP contribution < -0.4 is 5.32 Å². The predicted octanol–water partition coefficient (Wildman–Crippen LogP) is 4.09. The molecule has 0 aliphatic rings. The smallest absolute Gasteiger partial charge is 0.230 e. The van der Waals surface area contributed by atoms with Crippen LogP contribution in [0.5, 0.6) is 0 Å². The zero-order valence-corrected chi connectivity index (χ0v) is 16.9. The van der Waals surface area contributed by atoms with E-state index in [0.29, 0.717) is 5.02 Å². The van der Waals surface area contributed by atoms with Crippen LogP contribution >= 0.6 is 34.7 Å². The maximum Gasteiger partial charge on any atom is 0.230 e. The van der Waals surface area contributed by atoms with Crippen molar-refractivity contribution >= 4 is 40.6 Å². The zero-order chi connectivity index (χ0) is 18.5. The van der Waals surface area contributed by atoms with Crippen LogP contribution in [0.15, 0.2) is 46.9 Å². The number of hydrogen-bond donors (Lipinski definition) is 1. The first kappa shape index (κ1) is 18.9. The molecule has 0 fully saturated rings. The van der Waals surface area contributed by atoms with Crippen molar-refractivity contribution in [2.75, 3.05) is 5.75 Å². The summed E-state index contributed by atoms with van der Waals surface area (Å²) in [5.74, 6) is 1.13. The average Bonchev–Trinajstić information content (AvgIpc) is 3.24. The molecular formula is C18H19ClN4OS2. The first-order valence-electron chi connectivity index (χ1n) is 8.11. The molecule has 5 nitrogen and oxygen atoms in total. The van der Waals surface area contributed by atoms with E-state index in [2.05, 4.69) is 21.6 Å². The number of thioether (sulfide) groups is 1. The molecule has 0 saturated carbocycles. The molecule has 1 atom stereocenters. The molecule has 3 rings (SSSR count). The molecule has 0 radical (unpaired) electrons. The van der Waals surface area contributed by atoms with Gasteiger partial charge in [0.2, 0.25) is 5.91 Å². The lowest BCUT2D eigenvalue weighted by molar-refractivity contribution is -0.119. The quantitative estimate of drug-likeness (QED) is 0.600. The number of nitrogens with zero attached hydrogens (tertiary/aromatic N) is 3. The van der Waals surface area contributed by atoms with Crippen LogP contribution in [0.4, 0.5) is 0 Å². The summed E-state index contributed by atoms with van der Waals surface area (Å²) in [6.07, 6.45) is 0.750. The van der Waals surface area contributed by atoms with Crippen molar-refractivity contribution in [3.63, 3.8) is 0 Å². The standard InChI is InChI=1S/C18H19ClN4OS2/c1-12(13-5-3-6-14(19)9-13)20-17(24)11-26-18-22-21-16(23(18)2)10-15-7-4-8-25-15/h3-9,12H,10-11H2,1-2H3,(H,20,24). The van der Waals surface area contributed by atoms with E-state index in [0.717, 1.165) is 23.0 Å². The fourth-order valence-electron chi connectivity index (χ4n) is 2.47. The summed E-state index contributed by atoms with van der Waals surface area (Å²) in [7, 11) is 1.93. The number of nitrogens with one attached hydrogen (secondary N) is 1. The second-order valence-electron chi connectivity index (χ2n) is 5.85. The number of rotatable bonds is 7. The van der Waals surface area contributed by atoms with E-state index in [1.165, 1.54) is 16.6 Å². The van der Waals surface area contributed by atoms with Gasteiger partial charge in [0, 0.05) is 23.4 Å². The zero-order valence-electron chi connectivity index (χ0n) is 14.5. The van der Waals surface area contributed by atoms with Crippen LogP contribution in [0.3, 0.4) is 0 Å². The van der Waals surface area contributed by atoms with Crippen molar-refractivity contribution in [3.05, 3.63) is 63.1 Å². The van der Waals surface area contributed by atoms with E-state index in [9.17, 15) is 4.79 Å². The Hall–Kier alpha value is -1.83. The van der Waals surface area contributed by atoms with E-state index < -0.39 is 0 Å². The Morgan fingerprint density at radius 2 is 2.19 bits per heavy atom. The monoisotopic (exact) mass is 406 g/mol. The van der Waals surface area contributed by atoms with Gasteiger partial charge in [0.05, 0.1) is 11.8 Å². The van der Waals surface area contributed by atoms with Crippen molar-refractivity contribution in [3.8, 4) is 0 Å². The number of carbonyl (C=O) groups excluding carboxylic acids is 1. The molecule has 136 valence electrons. The second kappa shape index (κ2) is 8.70. The van der Waals surface area contributed by atoms with E-state index in [4.69, 9.17) is 11.6 Å². The molecule has 0 aliphatic carbocycles. The van der Waals surface area contributed by atoms with Crippen LogP contribution in [0.1, 0.15) is 29.2 Å². The third-order valence-electron chi connectivity index (χ3n) is 3.90. The summed E-state index contributed by atoms with van der Waals surface area (Å²) in [5.41, 5.74) is 0.979. The Kier molecular flexibility index (Phi) is 6.34.